The highest BCUT2D eigenvalue weighted by molar-refractivity contribution is 7.08. The maximum Gasteiger partial charge on any atom is 0.387 e. The van der Waals surface area contributed by atoms with Crippen LogP contribution in [0.15, 0.2) is 59.3 Å². The number of methoxy groups -OCH3 is 1. The molecular formula is C20H16ClF2NO3S. The molecule has 2 aromatic carbocycles. The maximum absolute atomic E-state index is 12.8. The van der Waals surface area contributed by atoms with Crippen molar-refractivity contribution in [1.29, 1.82) is 0 Å². The Hall–Kier alpha value is -2.64. The fourth-order valence-corrected chi connectivity index (χ4v) is 3.48. The Labute approximate surface area is 169 Å². The van der Waals surface area contributed by atoms with E-state index in [1.165, 1.54) is 36.6 Å². The molecule has 0 saturated carbocycles. The predicted molar refractivity (Wildman–Crippen MR) is 105 cm³/mol. The number of carbonyl (C=O) groups excluding carboxylic acids is 1. The molecule has 1 heterocycles. The second kappa shape index (κ2) is 9.03. The Balaban J connectivity index is 1.87. The summed E-state index contributed by atoms with van der Waals surface area (Å²) in [6.45, 7) is -2.98. The quantitative estimate of drug-likeness (QED) is 0.543. The van der Waals surface area contributed by atoms with Gasteiger partial charge in [0.1, 0.15) is 0 Å². The van der Waals surface area contributed by atoms with Gasteiger partial charge in [-0.25, -0.2) is 0 Å². The molecule has 1 amide bonds. The van der Waals surface area contributed by atoms with Crippen molar-refractivity contribution in [3.05, 3.63) is 81.0 Å². The Morgan fingerprint density at radius 1 is 1.07 bits per heavy atom. The third kappa shape index (κ3) is 4.79. The molecule has 1 unspecified atom stereocenters. The van der Waals surface area contributed by atoms with Crippen molar-refractivity contribution >= 4 is 28.8 Å². The van der Waals surface area contributed by atoms with E-state index in [9.17, 15) is 13.6 Å². The molecule has 28 heavy (non-hydrogen) atoms. The van der Waals surface area contributed by atoms with Crippen LogP contribution in [-0.4, -0.2) is 19.6 Å². The van der Waals surface area contributed by atoms with E-state index in [4.69, 9.17) is 16.3 Å². The lowest BCUT2D eigenvalue weighted by Crippen LogP contribution is -2.29. The molecule has 1 aromatic heterocycles. The van der Waals surface area contributed by atoms with E-state index >= 15 is 0 Å². The SMILES string of the molecule is COc1cc(C(=O)NC(c2ccc(Cl)cc2)c2ccsc2)ccc1OC(F)F. The number of carbonyl (C=O) groups is 1. The van der Waals surface area contributed by atoms with E-state index in [1.54, 1.807) is 12.1 Å². The summed E-state index contributed by atoms with van der Waals surface area (Å²) in [6.07, 6.45) is 0. The predicted octanol–water partition coefficient (Wildman–Crippen LogP) is 5.53. The number of ether oxygens (including phenoxy) is 2. The van der Waals surface area contributed by atoms with Crippen LogP contribution in [0.1, 0.15) is 27.5 Å². The molecule has 146 valence electrons. The molecule has 1 N–H and O–H groups in total. The molecule has 0 spiro atoms. The van der Waals surface area contributed by atoms with Gasteiger partial charge in [0.15, 0.2) is 11.5 Å². The van der Waals surface area contributed by atoms with Crippen molar-refractivity contribution in [2.75, 3.05) is 7.11 Å². The van der Waals surface area contributed by atoms with Crippen LogP contribution in [0.2, 0.25) is 5.02 Å². The van der Waals surface area contributed by atoms with E-state index in [2.05, 4.69) is 10.1 Å². The molecule has 1 atom stereocenters. The van der Waals surface area contributed by atoms with Crippen LogP contribution < -0.4 is 14.8 Å². The normalized spacial score (nSPS) is 11.9. The summed E-state index contributed by atoms with van der Waals surface area (Å²) in [6, 6.07) is 12.8. The van der Waals surface area contributed by atoms with Gasteiger partial charge in [0.25, 0.3) is 5.91 Å². The average molecular weight is 424 g/mol. The lowest BCUT2D eigenvalue weighted by atomic mass is 10.0. The first kappa shape index (κ1) is 20.1. The average Bonchev–Trinajstić information content (AvgIpc) is 3.21. The zero-order valence-corrected chi connectivity index (χ0v) is 16.3. The van der Waals surface area contributed by atoms with Crippen LogP contribution in [0.25, 0.3) is 0 Å². The number of thiophene rings is 1. The zero-order chi connectivity index (χ0) is 20.1. The Morgan fingerprint density at radius 3 is 2.43 bits per heavy atom. The van der Waals surface area contributed by atoms with Crippen molar-refractivity contribution in [1.82, 2.24) is 5.32 Å². The second-order valence-electron chi connectivity index (χ2n) is 5.76. The van der Waals surface area contributed by atoms with Gasteiger partial charge in [-0.05, 0) is 58.3 Å². The number of hydrogen-bond donors (Lipinski definition) is 1. The summed E-state index contributed by atoms with van der Waals surface area (Å²) in [4.78, 5) is 12.8. The van der Waals surface area contributed by atoms with E-state index in [-0.39, 0.29) is 29.0 Å². The Bertz CT molecular complexity index is 933. The lowest BCUT2D eigenvalue weighted by molar-refractivity contribution is -0.0512. The summed E-state index contributed by atoms with van der Waals surface area (Å²) < 4.78 is 34.4. The molecule has 0 aliphatic rings. The first-order valence-electron chi connectivity index (χ1n) is 8.19. The van der Waals surface area contributed by atoms with Crippen LogP contribution in [0, 0.1) is 0 Å². The largest absolute Gasteiger partial charge is 0.493 e. The van der Waals surface area contributed by atoms with E-state index in [0.29, 0.717) is 5.02 Å². The van der Waals surface area contributed by atoms with Crippen LogP contribution >= 0.6 is 22.9 Å². The van der Waals surface area contributed by atoms with Crippen molar-refractivity contribution in [2.45, 2.75) is 12.7 Å². The molecule has 0 fully saturated rings. The number of alkyl halides is 2. The van der Waals surface area contributed by atoms with Crippen molar-refractivity contribution < 1.29 is 23.0 Å². The molecule has 0 saturated heterocycles. The van der Waals surface area contributed by atoms with Gasteiger partial charge in [-0.1, -0.05) is 23.7 Å². The van der Waals surface area contributed by atoms with Gasteiger partial charge in [-0.2, -0.15) is 20.1 Å². The van der Waals surface area contributed by atoms with Crippen LogP contribution in [0.5, 0.6) is 11.5 Å². The Morgan fingerprint density at radius 2 is 1.82 bits per heavy atom. The third-order valence-electron chi connectivity index (χ3n) is 4.00. The molecule has 3 rings (SSSR count). The molecular weight excluding hydrogens is 408 g/mol. The van der Waals surface area contributed by atoms with E-state index in [1.807, 2.05) is 29.0 Å². The topological polar surface area (TPSA) is 47.6 Å². The minimum absolute atomic E-state index is 0.0477. The molecule has 0 aliphatic carbocycles. The molecule has 8 heteroatoms. The lowest BCUT2D eigenvalue weighted by Gasteiger charge is -2.19. The zero-order valence-electron chi connectivity index (χ0n) is 14.7. The minimum atomic E-state index is -2.98. The van der Waals surface area contributed by atoms with Gasteiger partial charge >= 0.3 is 6.61 Å². The van der Waals surface area contributed by atoms with E-state index < -0.39 is 6.61 Å². The number of amides is 1. The summed E-state index contributed by atoms with van der Waals surface area (Å²) in [5.74, 6) is -0.472. The van der Waals surface area contributed by atoms with Crippen LogP contribution in [0.4, 0.5) is 8.78 Å². The van der Waals surface area contributed by atoms with Crippen molar-refractivity contribution in [3.63, 3.8) is 0 Å². The number of nitrogens with one attached hydrogen (secondary N) is 1. The minimum Gasteiger partial charge on any atom is -0.493 e. The standard InChI is InChI=1S/C20H16ClF2NO3S/c1-26-17-10-13(4-7-16(17)27-20(22)23)19(25)24-18(14-8-9-28-11-14)12-2-5-15(21)6-3-12/h2-11,18,20H,1H3,(H,24,25). The van der Waals surface area contributed by atoms with Gasteiger partial charge in [0.05, 0.1) is 13.2 Å². The number of hydrogen-bond acceptors (Lipinski definition) is 4. The molecule has 4 nitrogen and oxygen atoms in total. The number of halogens is 3. The highest BCUT2D eigenvalue weighted by Crippen LogP contribution is 2.30. The molecule has 0 bridgehead atoms. The van der Waals surface area contributed by atoms with Gasteiger partial charge < -0.3 is 14.8 Å². The van der Waals surface area contributed by atoms with Crippen LogP contribution in [0.3, 0.4) is 0 Å². The first-order chi connectivity index (χ1) is 13.5. The monoisotopic (exact) mass is 423 g/mol. The van der Waals surface area contributed by atoms with Gasteiger partial charge in [-0.3, -0.25) is 4.79 Å². The summed E-state index contributed by atoms with van der Waals surface area (Å²) in [7, 11) is 1.32. The van der Waals surface area contributed by atoms with Crippen molar-refractivity contribution in [3.8, 4) is 11.5 Å². The van der Waals surface area contributed by atoms with Gasteiger partial charge in [0, 0.05) is 10.6 Å². The molecule has 0 aliphatic heterocycles. The number of benzene rings is 2. The molecule has 0 radical (unpaired) electrons. The highest BCUT2D eigenvalue weighted by atomic mass is 35.5. The van der Waals surface area contributed by atoms with E-state index in [0.717, 1.165) is 11.1 Å². The summed E-state index contributed by atoms with van der Waals surface area (Å²) in [5, 5.41) is 7.42. The highest BCUT2D eigenvalue weighted by Gasteiger charge is 2.20. The molecule has 3 aromatic rings. The van der Waals surface area contributed by atoms with Crippen LogP contribution in [-0.2, 0) is 0 Å². The fourth-order valence-electron chi connectivity index (χ4n) is 2.67. The second-order valence-corrected chi connectivity index (χ2v) is 6.98. The smallest absolute Gasteiger partial charge is 0.387 e. The maximum atomic E-state index is 12.8. The van der Waals surface area contributed by atoms with Gasteiger partial charge in [-0.15, -0.1) is 0 Å². The summed E-state index contributed by atoms with van der Waals surface area (Å²) in [5.41, 5.74) is 2.04. The Kier molecular flexibility index (Phi) is 6.49. The fraction of sp³-hybridized carbons (Fsp3) is 0.150. The summed E-state index contributed by atoms with van der Waals surface area (Å²) >= 11 is 7.48. The third-order valence-corrected chi connectivity index (χ3v) is 4.95. The van der Waals surface area contributed by atoms with Gasteiger partial charge in [0.2, 0.25) is 0 Å². The first-order valence-corrected chi connectivity index (χ1v) is 9.51. The van der Waals surface area contributed by atoms with Crippen molar-refractivity contribution in [2.24, 2.45) is 0 Å². The number of rotatable bonds is 7.